The van der Waals surface area contributed by atoms with Crippen LogP contribution in [0.5, 0.6) is 5.19 Å². The average Bonchev–Trinajstić information content (AvgIpc) is 2.50. The van der Waals surface area contributed by atoms with Gasteiger partial charge in [0, 0.05) is 0 Å². The molecule has 1 heterocycles. The van der Waals surface area contributed by atoms with E-state index in [-0.39, 0.29) is 11.1 Å². The van der Waals surface area contributed by atoms with Gasteiger partial charge in [0.15, 0.2) is 6.10 Å². The Kier molecular flexibility index (Phi) is 3.54. The van der Waals surface area contributed by atoms with Crippen molar-refractivity contribution in [1.29, 1.82) is 0 Å². The van der Waals surface area contributed by atoms with Gasteiger partial charge in [0.2, 0.25) is 0 Å². The molecule has 1 rings (SSSR count). The van der Waals surface area contributed by atoms with E-state index in [2.05, 4.69) is 14.9 Å². The largest absolute Gasteiger partial charge is 0.456 e. The minimum Gasteiger partial charge on any atom is -0.456 e. The molecule has 0 bridgehead atoms. The summed E-state index contributed by atoms with van der Waals surface area (Å²) in [5.74, 6) is 0.113. The first-order chi connectivity index (χ1) is 6.43. The molecule has 1 atom stereocenters. The van der Waals surface area contributed by atoms with Crippen LogP contribution in [0.3, 0.4) is 0 Å². The van der Waals surface area contributed by atoms with Crippen molar-refractivity contribution in [1.82, 2.24) is 10.2 Å². The van der Waals surface area contributed by atoms with E-state index in [0.717, 1.165) is 18.3 Å². The quantitative estimate of drug-likeness (QED) is 0.769. The zero-order valence-electron chi connectivity index (χ0n) is 7.01. The first-order valence-electron chi connectivity index (χ1n) is 3.55. The summed E-state index contributed by atoms with van der Waals surface area (Å²) >= 11 is 6.30. The van der Waals surface area contributed by atoms with Crippen LogP contribution in [0.15, 0.2) is 0 Å². The van der Waals surface area contributed by atoms with Crippen molar-refractivity contribution in [3.63, 3.8) is 0 Å². The molecule has 1 aromatic heterocycles. The van der Waals surface area contributed by atoms with Gasteiger partial charge in [-0.1, -0.05) is 16.4 Å². The van der Waals surface area contributed by atoms with Gasteiger partial charge in [0.25, 0.3) is 5.19 Å². The summed E-state index contributed by atoms with van der Waals surface area (Å²) in [6.45, 7) is 0.905. The maximum atomic E-state index is 12.0. The molecule has 0 radical (unpaired) electrons. The number of halogens is 4. The van der Waals surface area contributed by atoms with Gasteiger partial charge < -0.3 is 4.74 Å². The van der Waals surface area contributed by atoms with Crippen molar-refractivity contribution in [2.75, 3.05) is 0 Å². The maximum absolute atomic E-state index is 12.0. The second-order valence-electron chi connectivity index (χ2n) is 2.40. The van der Waals surface area contributed by atoms with E-state index in [9.17, 15) is 13.2 Å². The molecule has 0 aliphatic carbocycles. The molecule has 8 heteroatoms. The summed E-state index contributed by atoms with van der Waals surface area (Å²) in [5.41, 5.74) is 0. The molecule has 14 heavy (non-hydrogen) atoms. The Hall–Kier alpha value is -0.560. The van der Waals surface area contributed by atoms with Crippen LogP contribution in [-0.4, -0.2) is 22.5 Å². The standard InChI is InChI=1S/C6H6ClF3N2OS/c1-3(6(8,9)10)13-5-12-11-4(2-7)14-5/h3H,2H2,1H3. The Balaban J connectivity index is 2.60. The molecule has 0 spiro atoms. The smallest absolute Gasteiger partial charge is 0.425 e. The number of ether oxygens (including phenoxy) is 1. The van der Waals surface area contributed by atoms with Gasteiger partial charge in [-0.2, -0.15) is 13.2 Å². The van der Waals surface area contributed by atoms with Crippen LogP contribution in [0.1, 0.15) is 11.9 Å². The summed E-state index contributed by atoms with van der Waals surface area (Å²) in [6, 6.07) is 0. The number of hydrogen-bond acceptors (Lipinski definition) is 4. The molecule has 1 aromatic rings. The molecular formula is C6H6ClF3N2OS. The topological polar surface area (TPSA) is 35.0 Å². The van der Waals surface area contributed by atoms with Crippen LogP contribution in [0.2, 0.25) is 0 Å². The highest BCUT2D eigenvalue weighted by Crippen LogP contribution is 2.27. The normalized spacial score (nSPS) is 14.1. The molecular weight excluding hydrogens is 241 g/mol. The Morgan fingerprint density at radius 3 is 2.57 bits per heavy atom. The second-order valence-corrected chi connectivity index (χ2v) is 3.69. The fraction of sp³-hybridized carbons (Fsp3) is 0.667. The van der Waals surface area contributed by atoms with E-state index in [4.69, 9.17) is 11.6 Å². The van der Waals surface area contributed by atoms with E-state index in [0.29, 0.717) is 5.01 Å². The second kappa shape index (κ2) is 4.31. The third kappa shape index (κ3) is 2.98. The van der Waals surface area contributed by atoms with Crippen LogP contribution >= 0.6 is 22.9 Å². The van der Waals surface area contributed by atoms with Crippen LogP contribution in [-0.2, 0) is 5.88 Å². The van der Waals surface area contributed by atoms with Gasteiger partial charge in [0.05, 0.1) is 5.88 Å². The third-order valence-corrected chi connectivity index (χ3v) is 2.53. The lowest BCUT2D eigenvalue weighted by Gasteiger charge is -2.14. The summed E-state index contributed by atoms with van der Waals surface area (Å²) in [5, 5.41) is 7.22. The fourth-order valence-corrected chi connectivity index (χ4v) is 1.39. The van der Waals surface area contributed by atoms with E-state index >= 15 is 0 Å². The lowest BCUT2D eigenvalue weighted by atomic mass is 10.4. The zero-order valence-corrected chi connectivity index (χ0v) is 8.58. The SMILES string of the molecule is CC(Oc1nnc(CCl)s1)C(F)(F)F. The summed E-state index contributed by atoms with van der Waals surface area (Å²) < 4.78 is 40.6. The monoisotopic (exact) mass is 246 g/mol. The third-order valence-electron chi connectivity index (χ3n) is 1.30. The van der Waals surface area contributed by atoms with Crippen LogP contribution < -0.4 is 4.74 Å². The van der Waals surface area contributed by atoms with E-state index in [1.165, 1.54) is 0 Å². The fourth-order valence-electron chi connectivity index (χ4n) is 0.558. The number of alkyl halides is 4. The van der Waals surface area contributed by atoms with Gasteiger partial charge in [-0.25, -0.2) is 0 Å². The number of nitrogens with zero attached hydrogens (tertiary/aromatic N) is 2. The maximum Gasteiger partial charge on any atom is 0.425 e. The molecule has 0 aromatic carbocycles. The van der Waals surface area contributed by atoms with Crippen LogP contribution in [0, 0.1) is 0 Å². The van der Waals surface area contributed by atoms with Crippen molar-refractivity contribution in [2.45, 2.75) is 25.1 Å². The molecule has 0 N–H and O–H groups in total. The molecule has 0 aliphatic heterocycles. The predicted molar refractivity (Wildman–Crippen MR) is 45.6 cm³/mol. The molecule has 0 fully saturated rings. The molecule has 3 nitrogen and oxygen atoms in total. The Bertz CT molecular complexity index is 304. The zero-order chi connectivity index (χ0) is 10.8. The van der Waals surface area contributed by atoms with Gasteiger partial charge in [0.1, 0.15) is 5.01 Å². The predicted octanol–water partition coefficient (Wildman–Crippen LogP) is 2.61. The van der Waals surface area contributed by atoms with E-state index < -0.39 is 12.3 Å². The number of hydrogen-bond donors (Lipinski definition) is 0. The van der Waals surface area contributed by atoms with Crippen molar-refractivity contribution < 1.29 is 17.9 Å². The Morgan fingerprint density at radius 2 is 2.14 bits per heavy atom. The summed E-state index contributed by atoms with van der Waals surface area (Å²) in [7, 11) is 0. The minimum atomic E-state index is -4.40. The van der Waals surface area contributed by atoms with Gasteiger partial charge in [-0.15, -0.1) is 16.7 Å². The average molecular weight is 247 g/mol. The van der Waals surface area contributed by atoms with Crippen molar-refractivity contribution in [2.24, 2.45) is 0 Å². The highest BCUT2D eigenvalue weighted by Gasteiger charge is 2.38. The Morgan fingerprint density at radius 1 is 1.50 bits per heavy atom. The van der Waals surface area contributed by atoms with Crippen LogP contribution in [0.25, 0.3) is 0 Å². The van der Waals surface area contributed by atoms with Gasteiger partial charge >= 0.3 is 6.18 Å². The summed E-state index contributed by atoms with van der Waals surface area (Å²) in [4.78, 5) is 0. The van der Waals surface area contributed by atoms with Gasteiger partial charge in [-0.05, 0) is 6.92 Å². The first kappa shape index (κ1) is 11.5. The lowest BCUT2D eigenvalue weighted by molar-refractivity contribution is -0.189. The highest BCUT2D eigenvalue weighted by molar-refractivity contribution is 7.13. The van der Waals surface area contributed by atoms with Crippen molar-refractivity contribution in [3.8, 4) is 5.19 Å². The summed E-state index contributed by atoms with van der Waals surface area (Å²) in [6.07, 6.45) is -6.29. The molecule has 1 unspecified atom stereocenters. The van der Waals surface area contributed by atoms with Crippen LogP contribution in [0.4, 0.5) is 13.2 Å². The molecule has 0 aliphatic rings. The first-order valence-corrected chi connectivity index (χ1v) is 4.90. The number of rotatable bonds is 3. The van der Waals surface area contributed by atoms with E-state index in [1.807, 2.05) is 0 Å². The molecule has 0 saturated heterocycles. The van der Waals surface area contributed by atoms with Gasteiger partial charge in [-0.3, -0.25) is 0 Å². The molecule has 0 amide bonds. The highest BCUT2D eigenvalue weighted by atomic mass is 35.5. The Labute approximate surface area is 86.9 Å². The lowest BCUT2D eigenvalue weighted by Crippen LogP contribution is -2.31. The number of aromatic nitrogens is 2. The van der Waals surface area contributed by atoms with Crippen molar-refractivity contribution in [3.05, 3.63) is 5.01 Å². The van der Waals surface area contributed by atoms with Crippen molar-refractivity contribution >= 4 is 22.9 Å². The molecule has 0 saturated carbocycles. The minimum absolute atomic E-state index is 0.113. The molecule has 80 valence electrons. The van der Waals surface area contributed by atoms with E-state index in [1.54, 1.807) is 0 Å².